The largest absolute Gasteiger partial charge is 0.481 e. The number of carbonyl (C=O) groups excluding carboxylic acids is 1. The van der Waals surface area contributed by atoms with Gasteiger partial charge in [-0.2, -0.15) is 18.2 Å². The summed E-state index contributed by atoms with van der Waals surface area (Å²) in [6.07, 6.45) is -1.75. The molecule has 0 atom stereocenters. The Bertz CT molecular complexity index is 962. The van der Waals surface area contributed by atoms with Crippen LogP contribution >= 0.6 is 23.2 Å². The number of hydrogen-bond acceptors (Lipinski definition) is 4. The monoisotopic (exact) mass is 475 g/mol. The molecule has 1 fully saturated rings. The summed E-state index contributed by atoms with van der Waals surface area (Å²) in [7, 11) is 1.52. The third kappa shape index (κ3) is 5.54. The fraction of sp³-hybridized carbons (Fsp3) is 0.429. The normalized spacial score (nSPS) is 19.2. The van der Waals surface area contributed by atoms with E-state index in [1.807, 2.05) is 0 Å². The lowest BCUT2D eigenvalue weighted by Crippen LogP contribution is -2.22. The zero-order chi connectivity index (χ0) is 22.8. The van der Waals surface area contributed by atoms with E-state index in [2.05, 4.69) is 10.3 Å². The van der Waals surface area contributed by atoms with Gasteiger partial charge in [0.1, 0.15) is 5.82 Å². The maximum atomic E-state index is 13.3. The van der Waals surface area contributed by atoms with E-state index in [0.717, 1.165) is 18.9 Å². The second kappa shape index (κ2) is 9.53. The van der Waals surface area contributed by atoms with Gasteiger partial charge in [0.05, 0.1) is 28.3 Å². The van der Waals surface area contributed by atoms with E-state index in [0.29, 0.717) is 53.7 Å². The standard InChI is InChI=1S/C21H22Cl2F3N3O2/c1-31-17-7-6-16(22)20(29-17)28-10-11-2-4-12(5-3-11)14-8-13(21(24,25)26)9-15(18(14)23)19(27)30/h6-9,11-12H,2-5,10H2,1H3,(H2,27,30)(H,28,29). The average molecular weight is 476 g/mol. The lowest BCUT2D eigenvalue weighted by Gasteiger charge is -2.30. The predicted molar refractivity (Wildman–Crippen MR) is 114 cm³/mol. The lowest BCUT2D eigenvalue weighted by molar-refractivity contribution is -0.137. The molecule has 1 amide bonds. The van der Waals surface area contributed by atoms with Crippen LogP contribution in [0.2, 0.25) is 10.0 Å². The van der Waals surface area contributed by atoms with Crippen molar-refractivity contribution in [1.29, 1.82) is 0 Å². The molecule has 0 spiro atoms. The van der Waals surface area contributed by atoms with Crippen molar-refractivity contribution in [2.75, 3.05) is 19.0 Å². The van der Waals surface area contributed by atoms with Gasteiger partial charge >= 0.3 is 6.18 Å². The minimum atomic E-state index is -4.59. The number of ether oxygens (including phenoxy) is 1. The van der Waals surface area contributed by atoms with Gasteiger partial charge in [0.25, 0.3) is 0 Å². The molecule has 1 aromatic heterocycles. The Morgan fingerprint density at radius 1 is 1.23 bits per heavy atom. The quantitative estimate of drug-likeness (QED) is 0.544. The van der Waals surface area contributed by atoms with Crippen LogP contribution in [0.1, 0.15) is 53.1 Å². The smallest absolute Gasteiger partial charge is 0.416 e. The van der Waals surface area contributed by atoms with E-state index >= 15 is 0 Å². The second-order valence-corrected chi connectivity index (χ2v) is 8.36. The maximum absolute atomic E-state index is 13.3. The van der Waals surface area contributed by atoms with Crippen LogP contribution in [0.5, 0.6) is 5.88 Å². The van der Waals surface area contributed by atoms with Crippen molar-refractivity contribution in [3.05, 3.63) is 51.0 Å². The first-order valence-corrected chi connectivity index (χ1v) is 10.5. The van der Waals surface area contributed by atoms with Gasteiger partial charge in [-0.1, -0.05) is 23.2 Å². The van der Waals surface area contributed by atoms with Crippen molar-refractivity contribution < 1.29 is 22.7 Å². The van der Waals surface area contributed by atoms with Gasteiger partial charge in [0, 0.05) is 12.6 Å². The molecule has 1 heterocycles. The Morgan fingerprint density at radius 3 is 2.48 bits per heavy atom. The number of pyridine rings is 1. The molecular weight excluding hydrogens is 454 g/mol. The van der Waals surface area contributed by atoms with Gasteiger partial charge in [0.2, 0.25) is 11.8 Å². The van der Waals surface area contributed by atoms with E-state index < -0.39 is 17.6 Å². The first kappa shape index (κ1) is 23.5. The molecule has 10 heteroatoms. The summed E-state index contributed by atoms with van der Waals surface area (Å²) in [4.78, 5) is 15.9. The second-order valence-electron chi connectivity index (χ2n) is 7.57. The molecule has 168 valence electrons. The van der Waals surface area contributed by atoms with Crippen LogP contribution in [0.25, 0.3) is 0 Å². The number of amides is 1. The molecule has 1 aliphatic rings. The van der Waals surface area contributed by atoms with Gasteiger partial charge in [0.15, 0.2) is 0 Å². The fourth-order valence-corrected chi connectivity index (χ4v) is 4.40. The van der Waals surface area contributed by atoms with E-state index in [4.69, 9.17) is 33.7 Å². The molecule has 0 aliphatic heterocycles. The van der Waals surface area contributed by atoms with Crippen LogP contribution in [0, 0.1) is 5.92 Å². The SMILES string of the molecule is COc1ccc(Cl)c(NCC2CCC(c3cc(C(F)(F)F)cc(C(N)=O)c3Cl)CC2)n1. The number of nitrogens with one attached hydrogen (secondary N) is 1. The zero-order valence-corrected chi connectivity index (χ0v) is 18.2. The molecule has 31 heavy (non-hydrogen) atoms. The van der Waals surface area contributed by atoms with Crippen molar-refractivity contribution in [2.24, 2.45) is 11.7 Å². The highest BCUT2D eigenvalue weighted by molar-refractivity contribution is 6.34. The third-order valence-corrected chi connectivity index (χ3v) is 6.29. The van der Waals surface area contributed by atoms with Crippen molar-refractivity contribution in [2.45, 2.75) is 37.8 Å². The highest BCUT2D eigenvalue weighted by Gasteiger charge is 2.34. The number of carbonyl (C=O) groups is 1. The Labute approximate surface area is 188 Å². The predicted octanol–water partition coefficient (Wildman–Crippen LogP) is 5.90. The van der Waals surface area contributed by atoms with E-state index in [1.165, 1.54) is 7.11 Å². The molecular formula is C21H22Cl2F3N3O2. The topological polar surface area (TPSA) is 77.2 Å². The molecule has 5 nitrogen and oxygen atoms in total. The number of rotatable bonds is 6. The fourth-order valence-electron chi connectivity index (χ4n) is 3.87. The summed E-state index contributed by atoms with van der Waals surface area (Å²) in [5.74, 6) is 0.108. The van der Waals surface area contributed by atoms with Gasteiger partial charge < -0.3 is 15.8 Å². The number of aromatic nitrogens is 1. The number of anilines is 1. The minimum Gasteiger partial charge on any atom is -0.481 e. The molecule has 2 aromatic rings. The third-order valence-electron chi connectivity index (χ3n) is 5.57. The average Bonchev–Trinajstić information content (AvgIpc) is 2.72. The van der Waals surface area contributed by atoms with Gasteiger partial charge in [-0.05, 0) is 61.3 Å². The van der Waals surface area contributed by atoms with Crippen LogP contribution in [0.3, 0.4) is 0 Å². The summed E-state index contributed by atoms with van der Waals surface area (Å²) >= 11 is 12.4. The van der Waals surface area contributed by atoms with E-state index in [1.54, 1.807) is 12.1 Å². The van der Waals surface area contributed by atoms with Crippen LogP contribution in [0.4, 0.5) is 19.0 Å². The molecule has 3 rings (SSSR count). The van der Waals surface area contributed by atoms with Gasteiger partial charge in [-0.15, -0.1) is 0 Å². The molecule has 1 saturated carbocycles. The number of hydrogen-bond donors (Lipinski definition) is 2. The zero-order valence-electron chi connectivity index (χ0n) is 16.7. The van der Waals surface area contributed by atoms with Crippen molar-refractivity contribution in [3.8, 4) is 5.88 Å². The van der Waals surface area contributed by atoms with Crippen LogP contribution in [0.15, 0.2) is 24.3 Å². The first-order valence-electron chi connectivity index (χ1n) is 9.75. The van der Waals surface area contributed by atoms with Crippen LogP contribution in [-0.2, 0) is 6.18 Å². The Hall–Kier alpha value is -2.19. The number of primary amides is 1. The molecule has 0 unspecified atom stereocenters. The summed E-state index contributed by atoms with van der Waals surface area (Å²) in [5, 5.41) is 3.70. The molecule has 0 bridgehead atoms. The number of methoxy groups -OCH3 is 1. The summed E-state index contributed by atoms with van der Waals surface area (Å²) in [5.41, 5.74) is 4.37. The Morgan fingerprint density at radius 2 is 1.90 bits per heavy atom. The van der Waals surface area contributed by atoms with Crippen LogP contribution < -0.4 is 15.8 Å². The Balaban J connectivity index is 1.69. The van der Waals surface area contributed by atoms with E-state index in [-0.39, 0.29) is 16.5 Å². The van der Waals surface area contributed by atoms with Gasteiger partial charge in [-0.3, -0.25) is 4.79 Å². The van der Waals surface area contributed by atoms with E-state index in [9.17, 15) is 18.0 Å². The highest BCUT2D eigenvalue weighted by atomic mass is 35.5. The van der Waals surface area contributed by atoms with Gasteiger partial charge in [-0.25, -0.2) is 0 Å². The summed E-state index contributed by atoms with van der Waals surface area (Å²) in [6.45, 7) is 0.621. The maximum Gasteiger partial charge on any atom is 0.416 e. The minimum absolute atomic E-state index is 0.00874. The number of nitrogens with zero attached hydrogens (tertiary/aromatic N) is 1. The number of nitrogens with two attached hydrogens (primary N) is 1. The molecule has 0 saturated heterocycles. The molecule has 0 radical (unpaired) electrons. The van der Waals surface area contributed by atoms with Crippen molar-refractivity contribution in [1.82, 2.24) is 4.98 Å². The highest BCUT2D eigenvalue weighted by Crippen LogP contribution is 2.42. The van der Waals surface area contributed by atoms with Crippen molar-refractivity contribution in [3.63, 3.8) is 0 Å². The number of alkyl halides is 3. The van der Waals surface area contributed by atoms with Crippen LogP contribution in [-0.4, -0.2) is 24.5 Å². The number of benzene rings is 1. The summed E-state index contributed by atoms with van der Waals surface area (Å²) < 4.78 is 45.0. The first-order chi connectivity index (χ1) is 14.6. The number of halogens is 5. The summed E-state index contributed by atoms with van der Waals surface area (Å²) in [6, 6.07) is 5.11. The molecule has 3 N–H and O–H groups in total. The molecule has 1 aliphatic carbocycles. The lowest BCUT2D eigenvalue weighted by atomic mass is 9.78. The Kier molecular flexibility index (Phi) is 7.21. The van der Waals surface area contributed by atoms with Crippen molar-refractivity contribution >= 4 is 34.9 Å². The molecule has 1 aromatic carbocycles.